The molecule has 1 heterocycles. The fourth-order valence-electron chi connectivity index (χ4n) is 2.68. The predicted octanol–water partition coefficient (Wildman–Crippen LogP) is 2.24. The molecule has 0 bridgehead atoms. The van der Waals surface area contributed by atoms with Gasteiger partial charge in [-0.25, -0.2) is 0 Å². The highest BCUT2D eigenvalue weighted by Gasteiger charge is 2.36. The van der Waals surface area contributed by atoms with E-state index in [-0.39, 0.29) is 23.7 Å². The highest BCUT2D eigenvalue weighted by Crippen LogP contribution is 2.38. The standard InChI is InChI=1S/C15H19NO3/c1-3-10-12(9-14(17)16-15(10)18)11-7-5-6-8-13(11)19-4-2/h5-8,10,12H,3-4,9H2,1-2H3,(H,16,17,18). The Morgan fingerprint density at radius 3 is 2.68 bits per heavy atom. The van der Waals surface area contributed by atoms with Crippen molar-refractivity contribution in [3.05, 3.63) is 29.8 Å². The summed E-state index contributed by atoms with van der Waals surface area (Å²) < 4.78 is 5.61. The number of carbonyl (C=O) groups is 2. The Balaban J connectivity index is 2.37. The van der Waals surface area contributed by atoms with E-state index in [1.807, 2.05) is 38.1 Å². The lowest BCUT2D eigenvalue weighted by molar-refractivity contribution is -0.137. The maximum atomic E-state index is 11.9. The molecule has 2 unspecified atom stereocenters. The molecule has 0 radical (unpaired) electrons. The van der Waals surface area contributed by atoms with Crippen molar-refractivity contribution in [2.75, 3.05) is 6.61 Å². The summed E-state index contributed by atoms with van der Waals surface area (Å²) in [6, 6.07) is 7.66. The van der Waals surface area contributed by atoms with Crippen molar-refractivity contribution >= 4 is 11.8 Å². The van der Waals surface area contributed by atoms with Crippen molar-refractivity contribution in [1.29, 1.82) is 0 Å². The van der Waals surface area contributed by atoms with Gasteiger partial charge in [-0.3, -0.25) is 14.9 Å². The van der Waals surface area contributed by atoms with Gasteiger partial charge in [0.05, 0.1) is 6.61 Å². The number of para-hydroxylation sites is 1. The van der Waals surface area contributed by atoms with Gasteiger partial charge in [-0.1, -0.05) is 25.1 Å². The lowest BCUT2D eigenvalue weighted by Crippen LogP contribution is -2.44. The number of imide groups is 1. The monoisotopic (exact) mass is 261 g/mol. The van der Waals surface area contributed by atoms with Crippen LogP contribution in [-0.4, -0.2) is 18.4 Å². The minimum Gasteiger partial charge on any atom is -0.494 e. The van der Waals surface area contributed by atoms with Gasteiger partial charge in [-0.2, -0.15) is 0 Å². The summed E-state index contributed by atoms with van der Waals surface area (Å²) in [6.45, 7) is 4.46. The molecule has 4 nitrogen and oxygen atoms in total. The number of carbonyl (C=O) groups excluding carboxylic acids is 2. The number of benzene rings is 1. The van der Waals surface area contributed by atoms with Crippen molar-refractivity contribution in [3.8, 4) is 5.75 Å². The summed E-state index contributed by atoms with van der Waals surface area (Å²) in [5.74, 6) is 0.144. The molecule has 0 aliphatic carbocycles. The number of nitrogens with one attached hydrogen (secondary N) is 1. The summed E-state index contributed by atoms with van der Waals surface area (Å²) in [7, 11) is 0. The SMILES string of the molecule is CCOc1ccccc1C1CC(=O)NC(=O)C1CC. The topological polar surface area (TPSA) is 55.4 Å². The molecule has 1 N–H and O–H groups in total. The molecule has 19 heavy (non-hydrogen) atoms. The van der Waals surface area contributed by atoms with Crippen molar-refractivity contribution in [3.63, 3.8) is 0 Å². The zero-order valence-corrected chi connectivity index (χ0v) is 11.3. The number of piperidine rings is 1. The largest absolute Gasteiger partial charge is 0.494 e. The van der Waals surface area contributed by atoms with Crippen LogP contribution >= 0.6 is 0 Å². The average molecular weight is 261 g/mol. The molecule has 0 spiro atoms. The molecule has 1 aliphatic heterocycles. The fourth-order valence-corrected chi connectivity index (χ4v) is 2.68. The summed E-state index contributed by atoms with van der Waals surface area (Å²) >= 11 is 0. The van der Waals surface area contributed by atoms with Crippen molar-refractivity contribution < 1.29 is 14.3 Å². The second kappa shape index (κ2) is 5.87. The Bertz CT molecular complexity index is 484. The van der Waals surface area contributed by atoms with Crippen molar-refractivity contribution in [1.82, 2.24) is 5.32 Å². The van der Waals surface area contributed by atoms with E-state index in [1.165, 1.54) is 0 Å². The van der Waals surface area contributed by atoms with Crippen LogP contribution in [0.15, 0.2) is 24.3 Å². The Hall–Kier alpha value is -1.84. The van der Waals surface area contributed by atoms with Gasteiger partial charge in [0, 0.05) is 18.3 Å². The van der Waals surface area contributed by atoms with Crippen LogP contribution in [0.2, 0.25) is 0 Å². The first-order chi connectivity index (χ1) is 9.17. The number of ether oxygens (including phenoxy) is 1. The van der Waals surface area contributed by atoms with E-state index in [0.717, 1.165) is 11.3 Å². The molecule has 2 amide bonds. The molecule has 1 saturated heterocycles. The van der Waals surface area contributed by atoms with E-state index in [1.54, 1.807) is 0 Å². The lowest BCUT2D eigenvalue weighted by Gasteiger charge is -2.30. The van der Waals surface area contributed by atoms with Gasteiger partial charge in [-0.15, -0.1) is 0 Å². The molecule has 2 rings (SSSR count). The molecule has 2 atom stereocenters. The van der Waals surface area contributed by atoms with Crippen LogP contribution in [0.1, 0.15) is 38.2 Å². The zero-order valence-electron chi connectivity index (χ0n) is 11.3. The second-order valence-corrected chi connectivity index (χ2v) is 4.71. The third kappa shape index (κ3) is 2.78. The minimum atomic E-state index is -0.203. The predicted molar refractivity (Wildman–Crippen MR) is 71.9 cm³/mol. The Morgan fingerprint density at radius 1 is 1.26 bits per heavy atom. The summed E-state index contributed by atoms with van der Waals surface area (Å²) in [5, 5.41) is 2.41. The Morgan fingerprint density at radius 2 is 2.00 bits per heavy atom. The number of hydrogen-bond donors (Lipinski definition) is 1. The van der Waals surface area contributed by atoms with E-state index in [2.05, 4.69) is 5.32 Å². The highest BCUT2D eigenvalue weighted by atomic mass is 16.5. The van der Waals surface area contributed by atoms with Gasteiger partial charge in [0.15, 0.2) is 0 Å². The van der Waals surface area contributed by atoms with Crippen molar-refractivity contribution in [2.24, 2.45) is 5.92 Å². The van der Waals surface area contributed by atoms with Crippen molar-refractivity contribution in [2.45, 2.75) is 32.6 Å². The van der Waals surface area contributed by atoms with E-state index in [9.17, 15) is 9.59 Å². The minimum absolute atomic E-state index is 0.0889. The third-order valence-corrected chi connectivity index (χ3v) is 3.55. The van der Waals surface area contributed by atoms with Gasteiger partial charge in [0.2, 0.25) is 11.8 Å². The molecule has 1 aliphatic rings. The van der Waals surface area contributed by atoms with Gasteiger partial charge in [0.25, 0.3) is 0 Å². The molecule has 1 aromatic carbocycles. The van der Waals surface area contributed by atoms with Crippen LogP contribution in [0.3, 0.4) is 0 Å². The summed E-state index contributed by atoms with van der Waals surface area (Å²) in [6.07, 6.45) is 1.05. The van der Waals surface area contributed by atoms with E-state index >= 15 is 0 Å². The fraction of sp³-hybridized carbons (Fsp3) is 0.467. The van der Waals surface area contributed by atoms with Crippen LogP contribution < -0.4 is 10.1 Å². The summed E-state index contributed by atoms with van der Waals surface area (Å²) in [5.41, 5.74) is 0.958. The van der Waals surface area contributed by atoms with Gasteiger partial charge in [0.1, 0.15) is 5.75 Å². The second-order valence-electron chi connectivity index (χ2n) is 4.71. The molecule has 0 saturated carbocycles. The maximum Gasteiger partial charge on any atom is 0.230 e. The van der Waals surface area contributed by atoms with Crippen LogP contribution in [0.5, 0.6) is 5.75 Å². The van der Waals surface area contributed by atoms with E-state index in [4.69, 9.17) is 4.74 Å². The molecule has 1 aromatic rings. The molecular formula is C15H19NO3. The first-order valence-electron chi connectivity index (χ1n) is 6.72. The molecule has 1 fully saturated rings. The van der Waals surface area contributed by atoms with E-state index < -0.39 is 0 Å². The van der Waals surface area contributed by atoms with Crippen LogP contribution in [0.4, 0.5) is 0 Å². The zero-order chi connectivity index (χ0) is 13.8. The third-order valence-electron chi connectivity index (χ3n) is 3.55. The van der Waals surface area contributed by atoms with E-state index in [0.29, 0.717) is 19.4 Å². The number of amides is 2. The lowest BCUT2D eigenvalue weighted by atomic mass is 9.78. The van der Waals surface area contributed by atoms with Gasteiger partial charge >= 0.3 is 0 Å². The smallest absolute Gasteiger partial charge is 0.230 e. The van der Waals surface area contributed by atoms with Crippen LogP contribution in [-0.2, 0) is 9.59 Å². The first kappa shape index (κ1) is 13.6. The molecule has 4 heteroatoms. The Kier molecular flexibility index (Phi) is 4.20. The van der Waals surface area contributed by atoms with Gasteiger partial charge in [-0.05, 0) is 25.0 Å². The first-order valence-corrected chi connectivity index (χ1v) is 6.72. The van der Waals surface area contributed by atoms with Crippen LogP contribution in [0.25, 0.3) is 0 Å². The molecular weight excluding hydrogens is 242 g/mol. The number of rotatable bonds is 4. The molecule has 0 aromatic heterocycles. The maximum absolute atomic E-state index is 11.9. The quantitative estimate of drug-likeness (QED) is 0.846. The normalized spacial score (nSPS) is 23.1. The van der Waals surface area contributed by atoms with Crippen LogP contribution in [0, 0.1) is 5.92 Å². The highest BCUT2D eigenvalue weighted by molar-refractivity contribution is 5.99. The number of hydrogen-bond acceptors (Lipinski definition) is 3. The van der Waals surface area contributed by atoms with Gasteiger partial charge < -0.3 is 4.74 Å². The summed E-state index contributed by atoms with van der Waals surface area (Å²) in [4.78, 5) is 23.5. The Labute approximate surface area is 113 Å². The average Bonchev–Trinajstić information content (AvgIpc) is 2.39. The molecule has 102 valence electrons.